The van der Waals surface area contributed by atoms with Crippen molar-refractivity contribution in [1.29, 1.82) is 0 Å². The molecule has 4 nitrogen and oxygen atoms in total. The molecule has 1 aliphatic rings. The Morgan fingerprint density at radius 3 is 2.80 bits per heavy atom. The van der Waals surface area contributed by atoms with Crippen LogP contribution in [0.5, 0.6) is 0 Å². The Morgan fingerprint density at radius 2 is 2.15 bits per heavy atom. The molecular formula is C15H21ClN2O2. The van der Waals surface area contributed by atoms with Gasteiger partial charge in [0.2, 0.25) is 5.91 Å². The lowest BCUT2D eigenvalue weighted by molar-refractivity contribution is -0.116. The molecule has 5 heteroatoms. The number of hydrogen-bond acceptors (Lipinski definition) is 3. The first kappa shape index (κ1) is 15.1. The Balaban J connectivity index is 1.99. The first-order valence-corrected chi connectivity index (χ1v) is 7.50. The van der Waals surface area contributed by atoms with E-state index in [-0.39, 0.29) is 5.91 Å². The van der Waals surface area contributed by atoms with E-state index in [0.29, 0.717) is 11.4 Å². The predicted molar refractivity (Wildman–Crippen MR) is 82.6 cm³/mol. The molecule has 1 aromatic carbocycles. The van der Waals surface area contributed by atoms with E-state index in [1.54, 1.807) is 0 Å². The summed E-state index contributed by atoms with van der Waals surface area (Å²) in [5.74, 6) is 0.0436. The van der Waals surface area contributed by atoms with Crippen molar-refractivity contribution in [2.24, 2.45) is 0 Å². The number of carbonyl (C=O) groups excluding carboxylic acids is 1. The lowest BCUT2D eigenvalue weighted by atomic mass is 10.2. The van der Waals surface area contributed by atoms with E-state index >= 15 is 0 Å². The van der Waals surface area contributed by atoms with Gasteiger partial charge in [0.1, 0.15) is 0 Å². The van der Waals surface area contributed by atoms with E-state index in [9.17, 15) is 4.79 Å². The molecule has 1 amide bonds. The molecule has 1 fully saturated rings. The Labute approximate surface area is 125 Å². The summed E-state index contributed by atoms with van der Waals surface area (Å²) in [7, 11) is 0. The molecule has 2 rings (SSSR count). The first-order valence-electron chi connectivity index (χ1n) is 7.13. The maximum atomic E-state index is 11.7. The zero-order chi connectivity index (χ0) is 14.4. The zero-order valence-corrected chi connectivity index (χ0v) is 12.6. The predicted octanol–water partition coefficient (Wildman–Crippen LogP) is 3.31. The number of carbonyl (C=O) groups is 1. The summed E-state index contributed by atoms with van der Waals surface area (Å²) in [5, 5.41) is 3.55. The summed E-state index contributed by atoms with van der Waals surface area (Å²) < 4.78 is 5.33. The van der Waals surface area contributed by atoms with Crippen molar-refractivity contribution in [3.63, 3.8) is 0 Å². The van der Waals surface area contributed by atoms with Gasteiger partial charge in [-0.25, -0.2) is 0 Å². The molecule has 0 saturated carbocycles. The van der Waals surface area contributed by atoms with Crippen LogP contribution < -0.4 is 10.2 Å². The molecule has 0 unspecified atom stereocenters. The number of halogens is 1. The third kappa shape index (κ3) is 4.12. The van der Waals surface area contributed by atoms with Gasteiger partial charge in [0.25, 0.3) is 0 Å². The van der Waals surface area contributed by atoms with Crippen molar-refractivity contribution >= 4 is 28.9 Å². The van der Waals surface area contributed by atoms with Gasteiger partial charge in [0, 0.05) is 25.2 Å². The van der Waals surface area contributed by atoms with Crippen LogP contribution in [0.25, 0.3) is 0 Å². The van der Waals surface area contributed by atoms with Crippen molar-refractivity contribution < 1.29 is 9.53 Å². The highest BCUT2D eigenvalue weighted by Gasteiger charge is 2.14. The molecule has 0 spiro atoms. The highest BCUT2D eigenvalue weighted by Crippen LogP contribution is 2.29. The Hall–Kier alpha value is -1.26. The van der Waals surface area contributed by atoms with E-state index in [0.717, 1.165) is 50.5 Å². The highest BCUT2D eigenvalue weighted by atomic mass is 35.5. The second kappa shape index (κ2) is 7.50. The lowest BCUT2D eigenvalue weighted by Gasteiger charge is -2.29. The van der Waals surface area contributed by atoms with Gasteiger partial charge in [0.05, 0.1) is 23.9 Å². The Kier molecular flexibility index (Phi) is 5.68. The van der Waals surface area contributed by atoms with Gasteiger partial charge in [-0.15, -0.1) is 0 Å². The average molecular weight is 297 g/mol. The van der Waals surface area contributed by atoms with Gasteiger partial charge < -0.3 is 15.0 Å². The van der Waals surface area contributed by atoms with Crippen LogP contribution >= 0.6 is 11.6 Å². The van der Waals surface area contributed by atoms with Gasteiger partial charge in [-0.3, -0.25) is 4.79 Å². The molecule has 110 valence electrons. The normalized spacial score (nSPS) is 15.2. The van der Waals surface area contributed by atoms with E-state index < -0.39 is 0 Å². The molecule has 1 heterocycles. The van der Waals surface area contributed by atoms with Crippen LogP contribution in [0.1, 0.15) is 26.2 Å². The Morgan fingerprint density at radius 1 is 1.40 bits per heavy atom. The number of rotatable bonds is 5. The molecule has 20 heavy (non-hydrogen) atoms. The zero-order valence-electron chi connectivity index (χ0n) is 11.8. The fourth-order valence-corrected chi connectivity index (χ4v) is 2.51. The van der Waals surface area contributed by atoms with E-state index in [1.807, 2.05) is 18.2 Å². The topological polar surface area (TPSA) is 41.6 Å². The second-order valence-corrected chi connectivity index (χ2v) is 5.32. The fraction of sp³-hybridized carbons (Fsp3) is 0.533. The number of nitrogens with zero attached hydrogens (tertiary/aromatic N) is 1. The van der Waals surface area contributed by atoms with Gasteiger partial charge in [-0.05, 0) is 24.6 Å². The van der Waals surface area contributed by atoms with Crippen LogP contribution in [0.15, 0.2) is 18.2 Å². The number of morpholine rings is 1. The minimum atomic E-state index is 0.0436. The minimum Gasteiger partial charge on any atom is -0.378 e. The number of benzene rings is 1. The molecule has 0 aromatic heterocycles. The standard InChI is InChI=1S/C15H21ClN2O2/c1-2-3-4-15(19)17-12-5-6-14(13(16)11-12)18-7-9-20-10-8-18/h5-6,11H,2-4,7-10H2,1H3,(H,17,19). The molecule has 1 aliphatic heterocycles. The monoisotopic (exact) mass is 296 g/mol. The molecule has 0 radical (unpaired) electrons. The van der Waals surface area contributed by atoms with Gasteiger partial charge in [-0.1, -0.05) is 24.9 Å². The summed E-state index contributed by atoms with van der Waals surface area (Å²) in [6.07, 6.45) is 2.48. The van der Waals surface area contributed by atoms with E-state index in [2.05, 4.69) is 17.1 Å². The SMILES string of the molecule is CCCCC(=O)Nc1ccc(N2CCOCC2)c(Cl)c1. The van der Waals surface area contributed by atoms with Crippen LogP contribution in [0.2, 0.25) is 5.02 Å². The number of amides is 1. The van der Waals surface area contributed by atoms with Crippen molar-refractivity contribution in [3.8, 4) is 0 Å². The van der Waals surface area contributed by atoms with Gasteiger partial charge in [-0.2, -0.15) is 0 Å². The fourth-order valence-electron chi connectivity index (χ4n) is 2.21. The highest BCUT2D eigenvalue weighted by molar-refractivity contribution is 6.33. The number of anilines is 2. The van der Waals surface area contributed by atoms with Crippen LogP contribution in [0.3, 0.4) is 0 Å². The largest absolute Gasteiger partial charge is 0.378 e. The van der Waals surface area contributed by atoms with Crippen molar-refractivity contribution in [1.82, 2.24) is 0 Å². The molecular weight excluding hydrogens is 276 g/mol. The molecule has 1 saturated heterocycles. The maximum Gasteiger partial charge on any atom is 0.224 e. The number of unbranched alkanes of at least 4 members (excludes halogenated alkanes) is 1. The summed E-state index contributed by atoms with van der Waals surface area (Å²) in [6, 6.07) is 5.68. The van der Waals surface area contributed by atoms with E-state index in [1.165, 1.54) is 0 Å². The second-order valence-electron chi connectivity index (χ2n) is 4.92. The minimum absolute atomic E-state index is 0.0436. The summed E-state index contributed by atoms with van der Waals surface area (Å²) in [5.41, 5.74) is 1.76. The molecule has 0 bridgehead atoms. The van der Waals surface area contributed by atoms with Gasteiger partial charge >= 0.3 is 0 Å². The van der Waals surface area contributed by atoms with Crippen LogP contribution in [-0.4, -0.2) is 32.2 Å². The third-order valence-corrected chi connectivity index (χ3v) is 3.64. The number of hydrogen-bond donors (Lipinski definition) is 1. The van der Waals surface area contributed by atoms with Crippen molar-refractivity contribution in [3.05, 3.63) is 23.2 Å². The lowest BCUT2D eigenvalue weighted by Crippen LogP contribution is -2.36. The summed E-state index contributed by atoms with van der Waals surface area (Å²) in [6.45, 7) is 5.22. The maximum absolute atomic E-state index is 11.7. The van der Waals surface area contributed by atoms with Gasteiger partial charge in [0.15, 0.2) is 0 Å². The molecule has 0 atom stereocenters. The molecule has 1 N–H and O–H groups in total. The summed E-state index contributed by atoms with van der Waals surface area (Å²) >= 11 is 6.32. The third-order valence-electron chi connectivity index (χ3n) is 3.34. The quantitative estimate of drug-likeness (QED) is 0.906. The Bertz CT molecular complexity index is 459. The average Bonchev–Trinajstić information content (AvgIpc) is 2.46. The molecule has 0 aliphatic carbocycles. The number of ether oxygens (including phenoxy) is 1. The van der Waals surface area contributed by atoms with E-state index in [4.69, 9.17) is 16.3 Å². The van der Waals surface area contributed by atoms with Crippen molar-refractivity contribution in [2.45, 2.75) is 26.2 Å². The van der Waals surface area contributed by atoms with Crippen LogP contribution in [0, 0.1) is 0 Å². The van der Waals surface area contributed by atoms with Crippen LogP contribution in [0.4, 0.5) is 11.4 Å². The molecule has 1 aromatic rings. The summed E-state index contributed by atoms with van der Waals surface area (Å²) in [4.78, 5) is 13.9. The number of nitrogens with one attached hydrogen (secondary N) is 1. The first-order chi connectivity index (χ1) is 9.70. The van der Waals surface area contributed by atoms with Crippen LogP contribution in [-0.2, 0) is 9.53 Å². The van der Waals surface area contributed by atoms with Crippen molar-refractivity contribution in [2.75, 3.05) is 36.5 Å². The smallest absolute Gasteiger partial charge is 0.224 e.